The van der Waals surface area contributed by atoms with Crippen LogP contribution in [0.1, 0.15) is 17.3 Å². The maximum absolute atomic E-state index is 12.5. The van der Waals surface area contributed by atoms with Crippen molar-refractivity contribution < 1.29 is 14.3 Å². The van der Waals surface area contributed by atoms with E-state index in [9.17, 15) is 4.79 Å². The topological polar surface area (TPSA) is 47.6 Å². The second-order valence-electron chi connectivity index (χ2n) is 4.48. The molecular formula is C16H14BrCl2NO3. The lowest BCUT2D eigenvalue weighted by Gasteiger charge is -2.14. The van der Waals surface area contributed by atoms with Gasteiger partial charge in [-0.25, -0.2) is 0 Å². The predicted octanol–water partition coefficient (Wildman–Crippen LogP) is 5.42. The first-order chi connectivity index (χ1) is 11.0. The molecule has 23 heavy (non-hydrogen) atoms. The van der Waals surface area contributed by atoms with Crippen molar-refractivity contribution in [1.29, 1.82) is 0 Å². The molecule has 0 aliphatic carbocycles. The molecule has 2 rings (SSSR count). The molecule has 0 saturated carbocycles. The summed E-state index contributed by atoms with van der Waals surface area (Å²) in [5.41, 5.74) is 0.839. The van der Waals surface area contributed by atoms with Gasteiger partial charge in [-0.15, -0.1) is 0 Å². The van der Waals surface area contributed by atoms with Crippen molar-refractivity contribution in [2.24, 2.45) is 0 Å². The number of hydrogen-bond donors (Lipinski definition) is 1. The van der Waals surface area contributed by atoms with Crippen LogP contribution in [0, 0.1) is 0 Å². The number of hydrogen-bond acceptors (Lipinski definition) is 3. The van der Waals surface area contributed by atoms with Gasteiger partial charge >= 0.3 is 0 Å². The van der Waals surface area contributed by atoms with Gasteiger partial charge in [-0.2, -0.15) is 0 Å². The van der Waals surface area contributed by atoms with Gasteiger partial charge in [0.1, 0.15) is 0 Å². The van der Waals surface area contributed by atoms with E-state index in [2.05, 4.69) is 21.2 Å². The van der Waals surface area contributed by atoms with Gasteiger partial charge in [-0.3, -0.25) is 4.79 Å². The van der Waals surface area contributed by atoms with Gasteiger partial charge in [-0.05, 0) is 47.1 Å². The van der Waals surface area contributed by atoms with E-state index in [1.165, 1.54) is 7.11 Å². The lowest BCUT2D eigenvalue weighted by molar-refractivity contribution is 0.102. The monoisotopic (exact) mass is 417 g/mol. The van der Waals surface area contributed by atoms with Gasteiger partial charge < -0.3 is 14.8 Å². The fraction of sp³-hybridized carbons (Fsp3) is 0.188. The second-order valence-corrected chi connectivity index (χ2v) is 6.12. The fourth-order valence-electron chi connectivity index (χ4n) is 1.95. The zero-order valence-electron chi connectivity index (χ0n) is 12.5. The summed E-state index contributed by atoms with van der Waals surface area (Å²) in [5, 5.41) is 3.39. The number of anilines is 1. The van der Waals surface area contributed by atoms with Gasteiger partial charge in [0, 0.05) is 5.56 Å². The van der Waals surface area contributed by atoms with Crippen molar-refractivity contribution in [2.45, 2.75) is 6.92 Å². The minimum Gasteiger partial charge on any atom is -0.492 e. The van der Waals surface area contributed by atoms with Gasteiger partial charge in [0.05, 0.1) is 33.9 Å². The maximum Gasteiger partial charge on any atom is 0.255 e. The molecule has 0 saturated heterocycles. The molecule has 2 aromatic rings. The van der Waals surface area contributed by atoms with E-state index in [0.717, 1.165) is 0 Å². The van der Waals surface area contributed by atoms with E-state index < -0.39 is 0 Å². The fourth-order valence-corrected chi connectivity index (χ4v) is 2.91. The number of halogens is 3. The number of benzene rings is 2. The van der Waals surface area contributed by atoms with Gasteiger partial charge in [0.25, 0.3) is 5.91 Å². The normalized spacial score (nSPS) is 10.3. The molecule has 0 spiro atoms. The van der Waals surface area contributed by atoms with Crippen LogP contribution >= 0.6 is 39.1 Å². The Morgan fingerprint density at radius 3 is 2.70 bits per heavy atom. The predicted molar refractivity (Wildman–Crippen MR) is 96.3 cm³/mol. The summed E-state index contributed by atoms with van der Waals surface area (Å²) in [6, 6.07) is 8.29. The summed E-state index contributed by atoms with van der Waals surface area (Å²) >= 11 is 15.4. The lowest BCUT2D eigenvalue weighted by atomic mass is 10.1. The highest BCUT2D eigenvalue weighted by Gasteiger charge is 2.16. The molecule has 0 atom stereocenters. The van der Waals surface area contributed by atoms with Crippen LogP contribution in [0.4, 0.5) is 5.69 Å². The van der Waals surface area contributed by atoms with Crippen molar-refractivity contribution >= 4 is 50.7 Å². The van der Waals surface area contributed by atoms with Crippen LogP contribution in [0.5, 0.6) is 11.5 Å². The molecule has 4 nitrogen and oxygen atoms in total. The highest BCUT2D eigenvalue weighted by molar-refractivity contribution is 9.10. The second kappa shape index (κ2) is 7.90. The smallest absolute Gasteiger partial charge is 0.255 e. The Morgan fingerprint density at radius 2 is 2.04 bits per heavy atom. The van der Waals surface area contributed by atoms with Crippen molar-refractivity contribution in [1.82, 2.24) is 0 Å². The molecule has 0 aliphatic heterocycles. The third-order valence-electron chi connectivity index (χ3n) is 2.98. The number of ether oxygens (including phenoxy) is 2. The molecule has 0 radical (unpaired) electrons. The van der Waals surface area contributed by atoms with Crippen LogP contribution in [0.2, 0.25) is 10.0 Å². The molecule has 7 heteroatoms. The Morgan fingerprint density at radius 1 is 1.30 bits per heavy atom. The van der Waals surface area contributed by atoms with Gasteiger partial charge in [-0.1, -0.05) is 29.3 Å². The van der Waals surface area contributed by atoms with Crippen molar-refractivity contribution in [3.63, 3.8) is 0 Å². The zero-order valence-corrected chi connectivity index (χ0v) is 15.6. The largest absolute Gasteiger partial charge is 0.492 e. The molecule has 0 aliphatic rings. The van der Waals surface area contributed by atoms with E-state index in [0.29, 0.717) is 43.9 Å². The Bertz CT molecular complexity index is 738. The molecule has 0 bridgehead atoms. The number of amides is 1. The minimum atomic E-state index is -0.335. The Labute approximate surface area is 152 Å². The average Bonchev–Trinajstić information content (AvgIpc) is 2.52. The van der Waals surface area contributed by atoms with Crippen LogP contribution < -0.4 is 14.8 Å². The van der Waals surface area contributed by atoms with Crippen LogP contribution in [0.15, 0.2) is 34.8 Å². The van der Waals surface area contributed by atoms with Gasteiger partial charge in [0.15, 0.2) is 11.5 Å². The zero-order chi connectivity index (χ0) is 17.0. The number of carbonyl (C=O) groups is 1. The Kier molecular flexibility index (Phi) is 6.16. The highest BCUT2D eigenvalue weighted by Crippen LogP contribution is 2.37. The molecule has 1 amide bonds. The maximum atomic E-state index is 12.5. The summed E-state index contributed by atoms with van der Waals surface area (Å²) in [6.45, 7) is 2.31. The number of methoxy groups -OCH3 is 1. The first kappa shape index (κ1) is 17.9. The summed E-state index contributed by atoms with van der Waals surface area (Å²) in [7, 11) is 1.54. The molecule has 1 N–H and O–H groups in total. The van der Waals surface area contributed by atoms with Crippen LogP contribution in [-0.4, -0.2) is 19.6 Å². The third kappa shape index (κ3) is 4.10. The molecule has 122 valence electrons. The van der Waals surface area contributed by atoms with Gasteiger partial charge in [0.2, 0.25) is 0 Å². The van der Waals surface area contributed by atoms with Crippen LogP contribution in [0.3, 0.4) is 0 Å². The summed E-state index contributed by atoms with van der Waals surface area (Å²) in [6.07, 6.45) is 0. The average molecular weight is 419 g/mol. The van der Waals surface area contributed by atoms with Crippen molar-refractivity contribution in [2.75, 3.05) is 19.0 Å². The standard InChI is InChI=1S/C16H14BrCl2NO3/c1-3-23-13-8-9(7-10(17)15(13)22-2)16(21)20-12-6-4-5-11(18)14(12)19/h4-8H,3H2,1-2H3,(H,20,21). The van der Waals surface area contributed by atoms with Crippen molar-refractivity contribution in [3.8, 4) is 11.5 Å². The molecule has 0 aromatic heterocycles. The first-order valence-electron chi connectivity index (χ1n) is 6.73. The SMILES string of the molecule is CCOc1cc(C(=O)Nc2cccc(Cl)c2Cl)cc(Br)c1OC. The van der Waals surface area contributed by atoms with E-state index in [4.69, 9.17) is 32.7 Å². The summed E-state index contributed by atoms with van der Waals surface area (Å²) in [4.78, 5) is 12.5. The Balaban J connectivity index is 2.34. The highest BCUT2D eigenvalue weighted by atomic mass is 79.9. The number of nitrogens with one attached hydrogen (secondary N) is 1. The van der Waals surface area contributed by atoms with Crippen molar-refractivity contribution in [3.05, 3.63) is 50.4 Å². The van der Waals surface area contributed by atoms with E-state index in [1.807, 2.05) is 6.92 Å². The molecule has 0 heterocycles. The minimum absolute atomic E-state index is 0.292. The molecule has 0 fully saturated rings. The van der Waals surface area contributed by atoms with E-state index in [1.54, 1.807) is 30.3 Å². The Hall–Kier alpha value is -1.43. The summed E-state index contributed by atoms with van der Waals surface area (Å²) < 4.78 is 11.4. The molecule has 0 unspecified atom stereocenters. The molecule has 2 aromatic carbocycles. The van der Waals surface area contributed by atoms with Crippen LogP contribution in [-0.2, 0) is 0 Å². The first-order valence-corrected chi connectivity index (χ1v) is 8.28. The van der Waals surface area contributed by atoms with Crippen LogP contribution in [0.25, 0.3) is 0 Å². The lowest BCUT2D eigenvalue weighted by Crippen LogP contribution is -2.13. The number of carbonyl (C=O) groups excluding carboxylic acids is 1. The van der Waals surface area contributed by atoms with E-state index >= 15 is 0 Å². The molecular weight excluding hydrogens is 405 g/mol. The number of rotatable bonds is 5. The quantitative estimate of drug-likeness (QED) is 0.705. The third-order valence-corrected chi connectivity index (χ3v) is 4.38. The summed E-state index contributed by atoms with van der Waals surface area (Å²) in [5.74, 6) is 0.675. The van der Waals surface area contributed by atoms with E-state index in [-0.39, 0.29) is 5.91 Å².